The highest BCUT2D eigenvalue weighted by atomic mass is 16.1. The van der Waals surface area contributed by atoms with Gasteiger partial charge in [-0.25, -0.2) is 4.79 Å². The Morgan fingerprint density at radius 2 is 1.71 bits per heavy atom. The van der Waals surface area contributed by atoms with E-state index < -0.39 is 0 Å². The van der Waals surface area contributed by atoms with E-state index >= 15 is 0 Å². The van der Waals surface area contributed by atoms with Crippen LogP contribution in [0.1, 0.15) is 0 Å². The van der Waals surface area contributed by atoms with E-state index in [1.54, 1.807) is 35.4 Å². The van der Waals surface area contributed by atoms with Gasteiger partial charge in [-0.2, -0.15) is 0 Å². The molecule has 5 N–H and O–H groups in total. The van der Waals surface area contributed by atoms with Gasteiger partial charge in [0.2, 0.25) is 0 Å². The first-order valence-electron chi connectivity index (χ1n) is 4.02. The summed E-state index contributed by atoms with van der Waals surface area (Å²) in [7, 11) is 3.49. The first-order valence-corrected chi connectivity index (χ1v) is 4.02. The highest BCUT2D eigenvalue weighted by molar-refractivity contribution is 5.79. The van der Waals surface area contributed by atoms with Gasteiger partial charge in [0.05, 0.1) is 11.0 Å². The quantitative estimate of drug-likeness (QED) is 0.602. The van der Waals surface area contributed by atoms with Crippen LogP contribution in [-0.2, 0) is 14.1 Å². The van der Waals surface area contributed by atoms with E-state index in [0.29, 0.717) is 5.69 Å². The Balaban J connectivity index is 0.000000980. The van der Waals surface area contributed by atoms with Crippen molar-refractivity contribution in [3.63, 3.8) is 0 Å². The lowest BCUT2D eigenvalue weighted by molar-refractivity contribution is 0.795. The van der Waals surface area contributed by atoms with Crippen molar-refractivity contribution in [3.05, 3.63) is 28.7 Å². The highest BCUT2D eigenvalue weighted by Gasteiger charge is 2.06. The monoisotopic (exact) mass is 194 g/mol. The molecular formula is C9H14N4O. The van der Waals surface area contributed by atoms with E-state index in [-0.39, 0.29) is 11.8 Å². The first kappa shape index (κ1) is 10.3. The second-order valence-electron chi connectivity index (χ2n) is 3.15. The maximum atomic E-state index is 11.5. The van der Waals surface area contributed by atoms with Gasteiger partial charge in [-0.1, -0.05) is 0 Å². The molecule has 2 rings (SSSR count). The summed E-state index contributed by atoms with van der Waals surface area (Å²) < 4.78 is 3.19. The van der Waals surface area contributed by atoms with E-state index in [0.717, 1.165) is 11.0 Å². The number of imidazole rings is 1. The summed E-state index contributed by atoms with van der Waals surface area (Å²) in [6, 6.07) is 5.45. The molecule has 1 heterocycles. The minimum absolute atomic E-state index is 0. The molecule has 0 fully saturated rings. The standard InChI is InChI=1S/C9H11N3O.H3N/c1-11-7-4-3-6(10)5-8(7)12(2)9(11)13;/h3-5H,10H2,1-2H3;1H3. The Bertz CT molecular complexity index is 523. The van der Waals surface area contributed by atoms with Gasteiger partial charge in [-0.15, -0.1) is 0 Å². The molecule has 0 saturated carbocycles. The number of fused-ring (bicyclic) bond motifs is 1. The fourth-order valence-electron chi connectivity index (χ4n) is 1.52. The molecule has 1 aromatic heterocycles. The minimum Gasteiger partial charge on any atom is -0.399 e. The number of anilines is 1. The van der Waals surface area contributed by atoms with E-state index in [4.69, 9.17) is 5.73 Å². The first-order chi connectivity index (χ1) is 6.11. The number of hydrogen-bond donors (Lipinski definition) is 2. The number of aryl methyl sites for hydroxylation is 2. The normalized spacial score (nSPS) is 10.1. The van der Waals surface area contributed by atoms with Crippen LogP contribution in [0.4, 0.5) is 5.69 Å². The topological polar surface area (TPSA) is 88.0 Å². The van der Waals surface area contributed by atoms with E-state index in [2.05, 4.69) is 0 Å². The number of benzene rings is 1. The van der Waals surface area contributed by atoms with Crippen LogP contribution < -0.4 is 17.6 Å². The molecule has 5 nitrogen and oxygen atoms in total. The molecule has 14 heavy (non-hydrogen) atoms. The van der Waals surface area contributed by atoms with Crippen molar-refractivity contribution >= 4 is 16.7 Å². The van der Waals surface area contributed by atoms with Crippen LogP contribution in [-0.4, -0.2) is 9.13 Å². The van der Waals surface area contributed by atoms with Gasteiger partial charge in [0, 0.05) is 19.8 Å². The van der Waals surface area contributed by atoms with Crippen LogP contribution in [0.2, 0.25) is 0 Å². The summed E-state index contributed by atoms with van der Waals surface area (Å²) >= 11 is 0. The lowest BCUT2D eigenvalue weighted by Crippen LogP contribution is -2.19. The van der Waals surface area contributed by atoms with Crippen molar-refractivity contribution in [2.45, 2.75) is 0 Å². The van der Waals surface area contributed by atoms with Gasteiger partial charge in [0.15, 0.2) is 0 Å². The Morgan fingerprint density at radius 3 is 2.36 bits per heavy atom. The second kappa shape index (κ2) is 3.19. The number of aromatic nitrogens is 2. The van der Waals surface area contributed by atoms with Gasteiger partial charge in [0.25, 0.3) is 0 Å². The van der Waals surface area contributed by atoms with Crippen LogP contribution in [0.3, 0.4) is 0 Å². The van der Waals surface area contributed by atoms with Crippen LogP contribution in [0.15, 0.2) is 23.0 Å². The van der Waals surface area contributed by atoms with E-state index in [9.17, 15) is 4.79 Å². The van der Waals surface area contributed by atoms with Gasteiger partial charge in [0.1, 0.15) is 0 Å². The smallest absolute Gasteiger partial charge is 0.328 e. The third-order valence-electron chi connectivity index (χ3n) is 2.30. The molecular weight excluding hydrogens is 180 g/mol. The average Bonchev–Trinajstić information content (AvgIpc) is 2.32. The molecule has 0 amide bonds. The molecule has 0 aliphatic heterocycles. The minimum atomic E-state index is -0.0272. The van der Waals surface area contributed by atoms with Crippen LogP contribution in [0.25, 0.3) is 11.0 Å². The average molecular weight is 194 g/mol. The summed E-state index contributed by atoms with van der Waals surface area (Å²) in [6.07, 6.45) is 0. The molecule has 5 heteroatoms. The molecule has 0 atom stereocenters. The largest absolute Gasteiger partial charge is 0.399 e. The Morgan fingerprint density at radius 1 is 1.14 bits per heavy atom. The van der Waals surface area contributed by atoms with Gasteiger partial charge < -0.3 is 11.9 Å². The Labute approximate surface area is 81.3 Å². The molecule has 0 saturated heterocycles. The number of rotatable bonds is 0. The molecule has 1 aromatic carbocycles. The molecule has 0 aliphatic carbocycles. The molecule has 0 radical (unpaired) electrons. The summed E-state index contributed by atoms with van der Waals surface area (Å²) in [5, 5.41) is 0. The number of hydrogen-bond acceptors (Lipinski definition) is 3. The predicted octanol–water partition coefficient (Wildman–Crippen LogP) is 0.621. The van der Waals surface area contributed by atoms with Crippen molar-refractivity contribution in [3.8, 4) is 0 Å². The Hall–Kier alpha value is -1.75. The lowest BCUT2D eigenvalue weighted by Gasteiger charge is -1.95. The molecule has 0 unspecified atom stereocenters. The summed E-state index contributed by atoms with van der Waals surface area (Å²) in [4.78, 5) is 11.5. The third-order valence-corrected chi connectivity index (χ3v) is 2.30. The van der Waals surface area contributed by atoms with Crippen molar-refractivity contribution in [2.24, 2.45) is 14.1 Å². The zero-order valence-electron chi connectivity index (χ0n) is 8.32. The third kappa shape index (κ3) is 1.18. The maximum Gasteiger partial charge on any atom is 0.328 e. The molecule has 76 valence electrons. The SMILES string of the molecule is Cn1c(=O)n(C)c2cc(N)ccc21.N. The molecule has 0 bridgehead atoms. The fourth-order valence-corrected chi connectivity index (χ4v) is 1.52. The van der Waals surface area contributed by atoms with Crippen molar-refractivity contribution < 1.29 is 0 Å². The fraction of sp³-hybridized carbons (Fsp3) is 0.222. The van der Waals surface area contributed by atoms with Crippen molar-refractivity contribution in [1.29, 1.82) is 0 Å². The van der Waals surface area contributed by atoms with Crippen LogP contribution in [0.5, 0.6) is 0 Å². The zero-order valence-corrected chi connectivity index (χ0v) is 8.32. The van der Waals surface area contributed by atoms with Crippen molar-refractivity contribution in [1.82, 2.24) is 15.3 Å². The summed E-state index contributed by atoms with van der Waals surface area (Å²) in [6.45, 7) is 0. The number of nitrogen functional groups attached to an aromatic ring is 1. The highest BCUT2D eigenvalue weighted by Crippen LogP contribution is 2.14. The summed E-state index contributed by atoms with van der Waals surface area (Å²) in [5.41, 5.74) is 8.05. The second-order valence-corrected chi connectivity index (χ2v) is 3.15. The molecule has 0 aliphatic rings. The number of nitrogens with two attached hydrogens (primary N) is 1. The zero-order chi connectivity index (χ0) is 9.59. The summed E-state index contributed by atoms with van der Waals surface area (Å²) in [5.74, 6) is 0. The van der Waals surface area contributed by atoms with Gasteiger partial charge in [-0.3, -0.25) is 9.13 Å². The van der Waals surface area contributed by atoms with Gasteiger partial charge >= 0.3 is 5.69 Å². The van der Waals surface area contributed by atoms with Gasteiger partial charge in [-0.05, 0) is 18.2 Å². The Kier molecular flexibility index (Phi) is 2.35. The molecule has 2 aromatic rings. The maximum absolute atomic E-state index is 11.5. The van der Waals surface area contributed by atoms with E-state index in [1.165, 1.54) is 0 Å². The predicted molar refractivity (Wildman–Crippen MR) is 57.6 cm³/mol. The molecule has 0 spiro atoms. The van der Waals surface area contributed by atoms with E-state index in [1.807, 2.05) is 6.07 Å². The van der Waals surface area contributed by atoms with Crippen LogP contribution in [0, 0.1) is 0 Å². The number of nitrogens with zero attached hydrogens (tertiary/aromatic N) is 2. The van der Waals surface area contributed by atoms with Crippen molar-refractivity contribution in [2.75, 3.05) is 5.73 Å². The lowest BCUT2D eigenvalue weighted by atomic mass is 10.3. The van der Waals surface area contributed by atoms with Crippen LogP contribution >= 0.6 is 0 Å².